The molecule has 0 radical (unpaired) electrons. The second kappa shape index (κ2) is 6.07. The number of rotatable bonds is 4. The van der Waals surface area contributed by atoms with E-state index in [9.17, 15) is 4.79 Å². The molecule has 1 aromatic carbocycles. The van der Waals surface area contributed by atoms with Crippen LogP contribution in [-0.2, 0) is 19.4 Å². The molecule has 0 amide bonds. The molecule has 0 bridgehead atoms. The molecule has 4 rings (SSSR count). The van der Waals surface area contributed by atoms with E-state index in [1.54, 1.807) is 0 Å². The van der Waals surface area contributed by atoms with Crippen LogP contribution in [0.5, 0.6) is 0 Å². The molecule has 2 aromatic heterocycles. The maximum atomic E-state index is 12.3. The van der Waals surface area contributed by atoms with Gasteiger partial charge in [-0.05, 0) is 31.4 Å². The summed E-state index contributed by atoms with van der Waals surface area (Å²) < 4.78 is 3.87. The second-order valence-corrected chi connectivity index (χ2v) is 6.19. The molecule has 1 aliphatic rings. The van der Waals surface area contributed by atoms with Gasteiger partial charge >= 0.3 is 0 Å². The van der Waals surface area contributed by atoms with Crippen molar-refractivity contribution in [3.8, 4) is 5.69 Å². The molecule has 24 heavy (non-hydrogen) atoms. The summed E-state index contributed by atoms with van der Waals surface area (Å²) >= 11 is 0. The van der Waals surface area contributed by atoms with Gasteiger partial charge < -0.3 is 0 Å². The number of fused-ring (bicyclic) bond motifs is 1. The first-order chi connectivity index (χ1) is 11.8. The first-order valence-corrected chi connectivity index (χ1v) is 8.47. The normalized spacial score (nSPS) is 14.0. The van der Waals surface area contributed by atoms with Crippen LogP contribution in [0.1, 0.15) is 47.1 Å². The summed E-state index contributed by atoms with van der Waals surface area (Å²) in [6, 6.07) is 10.0. The van der Waals surface area contributed by atoms with E-state index in [0.29, 0.717) is 13.0 Å². The van der Waals surface area contributed by atoms with Crippen molar-refractivity contribution in [3.05, 3.63) is 65.2 Å². The van der Waals surface area contributed by atoms with Crippen LogP contribution in [-0.4, -0.2) is 25.3 Å². The number of aromatic nitrogens is 4. The number of carbonyl (C=O) groups is 1. The molecule has 0 saturated carbocycles. The van der Waals surface area contributed by atoms with Crippen LogP contribution in [0.4, 0.5) is 0 Å². The summed E-state index contributed by atoms with van der Waals surface area (Å²) in [5.41, 5.74) is 5.03. The average Bonchev–Trinajstić information content (AvgIpc) is 3.22. The first-order valence-electron chi connectivity index (χ1n) is 8.47. The van der Waals surface area contributed by atoms with Crippen LogP contribution >= 0.6 is 0 Å². The lowest BCUT2D eigenvalue weighted by Crippen LogP contribution is -2.14. The maximum Gasteiger partial charge on any atom is 0.166 e. The third-order valence-electron chi connectivity index (χ3n) is 4.55. The molecule has 1 aliphatic carbocycles. The van der Waals surface area contributed by atoms with Gasteiger partial charge in [-0.2, -0.15) is 10.2 Å². The van der Waals surface area contributed by atoms with Gasteiger partial charge in [-0.3, -0.25) is 9.48 Å². The zero-order chi connectivity index (χ0) is 16.5. The Balaban J connectivity index is 1.65. The molecule has 0 saturated heterocycles. The number of hydrogen-bond donors (Lipinski definition) is 0. The summed E-state index contributed by atoms with van der Waals surface area (Å²) in [4.78, 5) is 12.3. The molecular formula is C19H20N4O. The fraction of sp³-hybridized carbons (Fsp3) is 0.316. The monoisotopic (exact) mass is 320 g/mol. The number of hydrogen-bond acceptors (Lipinski definition) is 3. The van der Waals surface area contributed by atoms with E-state index in [1.165, 1.54) is 0 Å². The molecule has 3 aromatic rings. The predicted molar refractivity (Wildman–Crippen MR) is 91.5 cm³/mol. The lowest BCUT2D eigenvalue weighted by Gasteiger charge is -2.13. The van der Waals surface area contributed by atoms with Crippen molar-refractivity contribution in [2.24, 2.45) is 0 Å². The van der Waals surface area contributed by atoms with Gasteiger partial charge in [0.25, 0.3) is 0 Å². The SMILES string of the molecule is CCc1nn(Cc2cnn(-c3ccccc3)c2)c2c1C(=O)CCC2. The van der Waals surface area contributed by atoms with Gasteiger partial charge in [0, 0.05) is 23.9 Å². The van der Waals surface area contributed by atoms with Gasteiger partial charge in [0.2, 0.25) is 0 Å². The van der Waals surface area contributed by atoms with Crippen LogP contribution in [0.15, 0.2) is 42.7 Å². The quantitative estimate of drug-likeness (QED) is 0.742. The van der Waals surface area contributed by atoms with Crippen LogP contribution in [0.25, 0.3) is 5.69 Å². The van der Waals surface area contributed by atoms with E-state index in [-0.39, 0.29) is 5.78 Å². The fourth-order valence-corrected chi connectivity index (χ4v) is 3.38. The van der Waals surface area contributed by atoms with Crippen LogP contribution in [0.3, 0.4) is 0 Å². The van der Waals surface area contributed by atoms with E-state index in [0.717, 1.165) is 47.5 Å². The van der Waals surface area contributed by atoms with E-state index in [2.05, 4.69) is 12.0 Å². The highest BCUT2D eigenvalue weighted by molar-refractivity contribution is 5.99. The van der Waals surface area contributed by atoms with Crippen LogP contribution in [0, 0.1) is 0 Å². The third-order valence-corrected chi connectivity index (χ3v) is 4.55. The Morgan fingerprint density at radius 2 is 2.00 bits per heavy atom. The smallest absolute Gasteiger partial charge is 0.166 e. The minimum Gasteiger partial charge on any atom is -0.294 e. The number of ketones is 1. The highest BCUT2D eigenvalue weighted by Gasteiger charge is 2.26. The minimum absolute atomic E-state index is 0.249. The Kier molecular flexibility index (Phi) is 3.76. The number of carbonyl (C=O) groups excluding carboxylic acids is 1. The molecule has 0 atom stereocenters. The number of aryl methyl sites for hydroxylation is 1. The number of para-hydroxylation sites is 1. The molecule has 122 valence electrons. The van der Waals surface area contributed by atoms with Gasteiger partial charge in [-0.1, -0.05) is 25.1 Å². The van der Waals surface area contributed by atoms with Crippen LogP contribution in [0.2, 0.25) is 0 Å². The molecule has 0 unspecified atom stereocenters. The van der Waals surface area contributed by atoms with Crippen molar-refractivity contribution in [3.63, 3.8) is 0 Å². The van der Waals surface area contributed by atoms with E-state index >= 15 is 0 Å². The summed E-state index contributed by atoms with van der Waals surface area (Å²) in [6.45, 7) is 2.71. The lowest BCUT2D eigenvalue weighted by molar-refractivity contribution is 0.0971. The zero-order valence-corrected chi connectivity index (χ0v) is 13.8. The molecule has 5 nitrogen and oxygen atoms in total. The Labute approximate surface area is 140 Å². The van der Waals surface area contributed by atoms with Gasteiger partial charge in [-0.25, -0.2) is 4.68 Å². The molecule has 0 aliphatic heterocycles. The van der Waals surface area contributed by atoms with Gasteiger partial charge in [-0.15, -0.1) is 0 Å². The highest BCUT2D eigenvalue weighted by atomic mass is 16.1. The molecular weight excluding hydrogens is 300 g/mol. The van der Waals surface area contributed by atoms with Crippen molar-refractivity contribution in [1.29, 1.82) is 0 Å². The van der Waals surface area contributed by atoms with Crippen molar-refractivity contribution in [2.75, 3.05) is 0 Å². The largest absolute Gasteiger partial charge is 0.294 e. The fourth-order valence-electron chi connectivity index (χ4n) is 3.38. The zero-order valence-electron chi connectivity index (χ0n) is 13.8. The summed E-state index contributed by atoms with van der Waals surface area (Å²) in [7, 11) is 0. The van der Waals surface area contributed by atoms with Crippen LogP contribution < -0.4 is 0 Å². The van der Waals surface area contributed by atoms with Gasteiger partial charge in [0.05, 0.1) is 29.7 Å². The standard InChI is InChI=1S/C19H20N4O/c1-2-16-19-17(9-6-10-18(19)24)23(21-16)13-14-11-20-22(12-14)15-7-4-3-5-8-15/h3-5,7-8,11-12H,2,6,9-10,13H2,1H3. The number of nitrogens with zero attached hydrogens (tertiary/aromatic N) is 4. The maximum absolute atomic E-state index is 12.3. The van der Waals surface area contributed by atoms with Crippen molar-refractivity contribution in [2.45, 2.75) is 39.2 Å². The Bertz CT molecular complexity index is 876. The molecule has 5 heteroatoms. The Morgan fingerprint density at radius 3 is 2.79 bits per heavy atom. The van der Waals surface area contributed by atoms with Crippen molar-refractivity contribution in [1.82, 2.24) is 19.6 Å². The summed E-state index contributed by atoms with van der Waals surface area (Å²) in [6.07, 6.45) is 7.20. The molecule has 0 N–H and O–H groups in total. The van der Waals surface area contributed by atoms with Gasteiger partial charge in [0.15, 0.2) is 5.78 Å². The second-order valence-electron chi connectivity index (χ2n) is 6.19. The van der Waals surface area contributed by atoms with Crippen molar-refractivity contribution < 1.29 is 4.79 Å². The van der Waals surface area contributed by atoms with E-state index in [4.69, 9.17) is 5.10 Å². The third kappa shape index (κ3) is 2.56. The first kappa shape index (κ1) is 14.9. The predicted octanol–water partition coefficient (Wildman–Crippen LogP) is 3.20. The van der Waals surface area contributed by atoms with Crippen molar-refractivity contribution >= 4 is 5.78 Å². The topological polar surface area (TPSA) is 52.7 Å². The molecule has 2 heterocycles. The Morgan fingerprint density at radius 1 is 1.17 bits per heavy atom. The summed E-state index contributed by atoms with van der Waals surface area (Å²) in [5, 5.41) is 9.14. The summed E-state index contributed by atoms with van der Waals surface area (Å²) in [5.74, 6) is 0.249. The highest BCUT2D eigenvalue weighted by Crippen LogP contribution is 2.25. The molecule has 0 fully saturated rings. The Hall–Kier alpha value is -2.69. The van der Waals surface area contributed by atoms with E-state index in [1.807, 2.05) is 52.1 Å². The minimum atomic E-state index is 0.249. The van der Waals surface area contributed by atoms with Gasteiger partial charge in [0.1, 0.15) is 0 Å². The van der Waals surface area contributed by atoms with E-state index < -0.39 is 0 Å². The number of benzene rings is 1. The lowest BCUT2D eigenvalue weighted by atomic mass is 9.94. The number of Topliss-reactive ketones (excluding diaryl/α,β-unsaturated/α-hetero) is 1. The average molecular weight is 320 g/mol. The molecule has 0 spiro atoms.